The normalized spacial score (nSPS) is 14.0. The smallest absolute Gasteiger partial charge is 0.128 e. The van der Waals surface area contributed by atoms with Gasteiger partial charge < -0.3 is 9.47 Å². The molecule has 0 atom stereocenters. The third-order valence-electron chi connectivity index (χ3n) is 14.4. The monoisotopic (exact) mass is 924 g/mol. The van der Waals surface area contributed by atoms with Gasteiger partial charge in [0.1, 0.15) is 11.5 Å². The van der Waals surface area contributed by atoms with Crippen LogP contribution in [0, 0.1) is 0 Å². The summed E-state index contributed by atoms with van der Waals surface area (Å²) in [6.45, 7) is 14.5. The van der Waals surface area contributed by atoms with Crippen molar-refractivity contribution >= 4 is 63.9 Å². The molecule has 0 heterocycles. The van der Waals surface area contributed by atoms with Crippen molar-refractivity contribution in [3.63, 3.8) is 0 Å². The molecule has 0 amide bonds. The summed E-state index contributed by atoms with van der Waals surface area (Å²) in [5.74, 6) is 1.98. The standard InChI is InChI=1S/C56H87NO2P2Si2/c1-9-15-40-62(41-16-10-2,42-17-11-3)51-34-28-32-49(46-51)60(50-33-29-35-52(47-50)63(43-18-12-4,44-19-13-5)45-20-14-6)57(48-30-22-21-23-31-48)61(55-38-26-24-36-53(55)58-7)56-39-27-25-37-54(56)59-8/h24-29,32-39,46-48H,9-23,30-31,40-45H2,1-8H3. The molecular formula is C56H87NO2P2Si2. The minimum atomic E-state index is -1.79. The quantitative estimate of drug-likeness (QED) is 0.0400. The Bertz CT molecular complexity index is 1730. The fraction of sp³-hybridized carbons (Fsp3) is 0.571. The van der Waals surface area contributed by atoms with E-state index in [2.05, 4.69) is 143 Å². The highest BCUT2D eigenvalue weighted by molar-refractivity contribution is 7.85. The maximum Gasteiger partial charge on any atom is 0.128 e. The predicted molar refractivity (Wildman–Crippen MR) is 289 cm³/mol. The maximum atomic E-state index is 6.37. The molecule has 4 aromatic rings. The summed E-state index contributed by atoms with van der Waals surface area (Å²) in [4.78, 5) is 0. The number of methoxy groups -OCH3 is 2. The second kappa shape index (κ2) is 27.4. The Morgan fingerprint density at radius 3 is 1.17 bits per heavy atom. The zero-order chi connectivity index (χ0) is 44.9. The molecule has 0 N–H and O–H groups in total. The molecule has 1 aliphatic carbocycles. The average molecular weight is 924 g/mol. The van der Waals surface area contributed by atoms with Gasteiger partial charge in [-0.15, -0.1) is 0 Å². The molecule has 3 nitrogen and oxygen atoms in total. The minimum absolute atomic E-state index is 0.447. The summed E-state index contributed by atoms with van der Waals surface area (Å²) in [5.41, 5.74) is 0. The number of hydrogen-bond acceptors (Lipinski definition) is 3. The molecule has 0 radical (unpaired) electrons. The first-order valence-corrected chi connectivity index (χ1v) is 33.6. The Hall–Kier alpha value is -2.27. The van der Waals surface area contributed by atoms with Crippen molar-refractivity contribution in [1.82, 2.24) is 4.44 Å². The topological polar surface area (TPSA) is 21.7 Å². The fourth-order valence-corrected chi connectivity index (χ4v) is 28.9. The number of para-hydroxylation sites is 2. The molecule has 0 aromatic heterocycles. The fourth-order valence-electron chi connectivity index (χ4n) is 10.7. The van der Waals surface area contributed by atoms with Gasteiger partial charge in [-0.05, 0) is 47.7 Å². The van der Waals surface area contributed by atoms with Crippen molar-refractivity contribution in [2.45, 2.75) is 193 Å². The van der Waals surface area contributed by atoms with Gasteiger partial charge in [0.05, 0.1) is 30.4 Å². The van der Waals surface area contributed by atoms with Crippen LogP contribution in [0.15, 0.2) is 97.1 Å². The molecule has 1 saturated carbocycles. The van der Waals surface area contributed by atoms with E-state index in [1.807, 2.05) is 14.2 Å². The van der Waals surface area contributed by atoms with E-state index in [0.29, 0.717) is 6.04 Å². The van der Waals surface area contributed by atoms with Gasteiger partial charge in [0.2, 0.25) is 0 Å². The van der Waals surface area contributed by atoms with E-state index in [1.165, 1.54) is 156 Å². The van der Waals surface area contributed by atoms with Crippen molar-refractivity contribution < 1.29 is 9.47 Å². The van der Waals surface area contributed by atoms with E-state index in [9.17, 15) is 0 Å². The first-order valence-electron chi connectivity index (χ1n) is 25.8. The second-order valence-electron chi connectivity index (χ2n) is 18.9. The molecular weight excluding hydrogens is 837 g/mol. The second-order valence-corrected chi connectivity index (χ2v) is 32.6. The number of nitrogens with zero attached hydrogens (tertiary/aromatic N) is 1. The number of ether oxygens (including phenoxy) is 2. The van der Waals surface area contributed by atoms with Gasteiger partial charge in [0, 0.05) is 32.8 Å². The van der Waals surface area contributed by atoms with Crippen molar-refractivity contribution in [2.75, 3.05) is 14.2 Å². The third-order valence-corrected chi connectivity index (χ3v) is 31.1. The Labute approximate surface area is 391 Å². The summed E-state index contributed by atoms with van der Waals surface area (Å²) in [6.07, 6.45) is 22.1. The van der Waals surface area contributed by atoms with Crippen LogP contribution in [-0.2, 0) is 0 Å². The van der Waals surface area contributed by atoms with Gasteiger partial charge in [-0.1, -0.05) is 257 Å². The van der Waals surface area contributed by atoms with Crippen molar-refractivity contribution in [1.29, 1.82) is 0 Å². The summed E-state index contributed by atoms with van der Waals surface area (Å²) < 4.78 is 15.9. The predicted octanol–water partition coefficient (Wildman–Crippen LogP) is 14.8. The van der Waals surface area contributed by atoms with Crippen molar-refractivity contribution in [3.8, 4) is 11.5 Å². The highest BCUT2D eigenvalue weighted by atomic mass is 31.2. The molecule has 0 aliphatic heterocycles. The minimum Gasteiger partial charge on any atom is -0.496 e. The number of benzene rings is 4. The Morgan fingerprint density at radius 2 is 0.825 bits per heavy atom. The van der Waals surface area contributed by atoms with Crippen LogP contribution in [0.3, 0.4) is 0 Å². The van der Waals surface area contributed by atoms with Crippen LogP contribution < -0.4 is 41.1 Å². The van der Waals surface area contributed by atoms with Crippen LogP contribution in [0.1, 0.15) is 151 Å². The maximum absolute atomic E-state index is 6.37. The molecule has 4 aromatic carbocycles. The van der Waals surface area contributed by atoms with Crippen LogP contribution in [-0.4, -0.2) is 40.9 Å². The SMILES string of the molecule is CCCC[Si](CCCC)(CCCC)c1cccc(P(c2cccc([Si](CCCC)(CCCC)CCCC)c2)N(C2CCCCC2)P(c2ccccc2OC)c2ccccc2OC)c1. The molecule has 63 heavy (non-hydrogen) atoms. The molecule has 5 rings (SSSR count). The van der Waals surface area contributed by atoms with Gasteiger partial charge in [-0.3, -0.25) is 0 Å². The first-order chi connectivity index (χ1) is 30.9. The van der Waals surface area contributed by atoms with E-state index < -0.39 is 32.3 Å². The molecule has 0 saturated heterocycles. The van der Waals surface area contributed by atoms with Gasteiger partial charge in [-0.2, -0.15) is 0 Å². The van der Waals surface area contributed by atoms with Crippen molar-refractivity contribution in [3.05, 3.63) is 97.1 Å². The van der Waals surface area contributed by atoms with Crippen LogP contribution in [0.2, 0.25) is 36.3 Å². The van der Waals surface area contributed by atoms with E-state index in [4.69, 9.17) is 9.47 Å². The Balaban J connectivity index is 1.90. The molecule has 0 spiro atoms. The van der Waals surface area contributed by atoms with Crippen LogP contribution >= 0.6 is 16.1 Å². The Kier molecular flexibility index (Phi) is 22.5. The van der Waals surface area contributed by atoms with E-state index in [0.717, 1.165) is 11.5 Å². The van der Waals surface area contributed by atoms with Crippen LogP contribution in [0.4, 0.5) is 0 Å². The highest BCUT2D eigenvalue weighted by Crippen LogP contribution is 2.59. The number of hydrogen-bond donors (Lipinski definition) is 0. The van der Waals surface area contributed by atoms with E-state index in [1.54, 1.807) is 21.0 Å². The molecule has 0 bridgehead atoms. The summed E-state index contributed by atoms with van der Waals surface area (Å²) in [6, 6.07) is 47.9. The molecule has 346 valence electrons. The van der Waals surface area contributed by atoms with E-state index >= 15 is 0 Å². The molecule has 0 unspecified atom stereocenters. The lowest BCUT2D eigenvalue weighted by Crippen LogP contribution is -2.49. The molecule has 7 heteroatoms. The first kappa shape index (κ1) is 51.7. The van der Waals surface area contributed by atoms with Gasteiger partial charge in [0.15, 0.2) is 0 Å². The third kappa shape index (κ3) is 13.4. The van der Waals surface area contributed by atoms with Gasteiger partial charge in [-0.25, -0.2) is 4.44 Å². The number of unbranched alkanes of at least 4 members (excludes halogenated alkanes) is 6. The van der Waals surface area contributed by atoms with Crippen LogP contribution in [0.25, 0.3) is 0 Å². The lowest BCUT2D eigenvalue weighted by Gasteiger charge is -2.46. The summed E-state index contributed by atoms with van der Waals surface area (Å²) in [7, 11) is -1.89. The summed E-state index contributed by atoms with van der Waals surface area (Å²) >= 11 is 0. The van der Waals surface area contributed by atoms with Crippen molar-refractivity contribution in [2.24, 2.45) is 0 Å². The average Bonchev–Trinajstić information content (AvgIpc) is 3.34. The van der Waals surface area contributed by atoms with Gasteiger partial charge in [0.25, 0.3) is 0 Å². The zero-order valence-corrected chi connectivity index (χ0v) is 45.0. The largest absolute Gasteiger partial charge is 0.496 e. The Morgan fingerprint density at radius 1 is 0.460 bits per heavy atom. The lowest BCUT2D eigenvalue weighted by molar-refractivity contribution is 0.355. The highest BCUT2D eigenvalue weighted by Gasteiger charge is 2.42. The number of rotatable bonds is 29. The zero-order valence-electron chi connectivity index (χ0n) is 41.2. The molecule has 1 aliphatic rings. The lowest BCUT2D eigenvalue weighted by atomic mass is 9.96. The van der Waals surface area contributed by atoms with Gasteiger partial charge >= 0.3 is 0 Å². The summed E-state index contributed by atoms with van der Waals surface area (Å²) in [5, 5.41) is 9.21. The molecule has 1 fully saturated rings. The van der Waals surface area contributed by atoms with E-state index in [-0.39, 0.29) is 0 Å². The van der Waals surface area contributed by atoms with Crippen LogP contribution in [0.5, 0.6) is 11.5 Å².